The number of amides is 3. The molecule has 1 fully saturated rings. The number of piperidine rings is 1. The van der Waals surface area contributed by atoms with Gasteiger partial charge in [-0.05, 0) is 43.9 Å². The number of benzene rings is 1. The molecule has 30 heavy (non-hydrogen) atoms. The van der Waals surface area contributed by atoms with Crippen LogP contribution >= 0.6 is 0 Å². The number of fused-ring (bicyclic) bond motifs is 1. The van der Waals surface area contributed by atoms with Crippen molar-refractivity contribution >= 4 is 29.1 Å². The zero-order valence-electron chi connectivity index (χ0n) is 16.5. The van der Waals surface area contributed by atoms with Crippen LogP contribution < -0.4 is 16.0 Å². The van der Waals surface area contributed by atoms with Crippen molar-refractivity contribution < 1.29 is 27.6 Å². The smallest absolute Gasteiger partial charge is 0.370 e. The number of carbonyl (C=O) groups excluding carboxylic acids is 3. The summed E-state index contributed by atoms with van der Waals surface area (Å²) in [4.78, 5) is 38.7. The molecule has 7 nitrogen and oxygen atoms in total. The third-order valence-electron chi connectivity index (χ3n) is 5.54. The highest BCUT2D eigenvalue weighted by molar-refractivity contribution is 6.05. The van der Waals surface area contributed by atoms with Crippen molar-refractivity contribution in [1.29, 1.82) is 0 Å². The Labute approximate surface area is 172 Å². The number of para-hydroxylation sites is 2. The summed E-state index contributed by atoms with van der Waals surface area (Å²) in [5, 5.41) is 2.46. The third kappa shape index (κ3) is 5.29. The predicted molar refractivity (Wildman–Crippen MR) is 105 cm³/mol. The van der Waals surface area contributed by atoms with Crippen molar-refractivity contribution in [2.45, 2.75) is 44.3 Å². The summed E-state index contributed by atoms with van der Waals surface area (Å²) in [6, 6.07) is 3.77. The molecular formula is C20H25F3N4O3. The molecule has 2 unspecified atom stereocenters. The highest BCUT2D eigenvalue weighted by Gasteiger charge is 2.49. The van der Waals surface area contributed by atoms with E-state index >= 15 is 0 Å². The fourth-order valence-corrected chi connectivity index (χ4v) is 4.14. The van der Waals surface area contributed by atoms with Crippen molar-refractivity contribution in [3.63, 3.8) is 0 Å². The number of primary amides is 1. The summed E-state index contributed by atoms with van der Waals surface area (Å²) in [7, 11) is 0. The number of hydrogen-bond acceptors (Lipinski definition) is 4. The lowest BCUT2D eigenvalue weighted by atomic mass is 9.93. The molecule has 2 aliphatic heterocycles. The summed E-state index contributed by atoms with van der Waals surface area (Å²) in [6.45, 7) is 0.909. The molecule has 1 aromatic rings. The van der Waals surface area contributed by atoms with Gasteiger partial charge in [0.25, 0.3) is 0 Å². The Morgan fingerprint density at radius 2 is 1.97 bits per heavy atom. The van der Waals surface area contributed by atoms with Crippen LogP contribution in [0, 0.1) is 5.92 Å². The van der Waals surface area contributed by atoms with E-state index < -0.39 is 36.4 Å². The average Bonchev–Trinajstić information content (AvgIpc) is 2.82. The number of nitrogens with two attached hydrogens (primary N) is 1. The summed E-state index contributed by atoms with van der Waals surface area (Å²) >= 11 is 0. The number of hydrogen-bond donors (Lipinski definition) is 2. The number of nitrogens with one attached hydrogen (secondary N) is 1. The highest BCUT2D eigenvalue weighted by Crippen LogP contribution is 2.37. The van der Waals surface area contributed by atoms with Crippen LogP contribution in [0.1, 0.15) is 32.1 Å². The molecule has 0 spiro atoms. The lowest BCUT2D eigenvalue weighted by molar-refractivity contribution is -0.158. The molecule has 3 rings (SSSR count). The van der Waals surface area contributed by atoms with Crippen molar-refractivity contribution in [3.8, 4) is 0 Å². The summed E-state index contributed by atoms with van der Waals surface area (Å²) in [5.74, 6) is -1.73. The fraction of sp³-hybridized carbons (Fsp3) is 0.550. The van der Waals surface area contributed by atoms with Gasteiger partial charge in [0.05, 0.1) is 24.3 Å². The third-order valence-corrected chi connectivity index (χ3v) is 5.54. The SMILES string of the molecule is NC(=O)CCC1CCCN(CC(=O)N2c3ccccc3NC(=O)CC2C(F)(F)F)C1. The topological polar surface area (TPSA) is 95.7 Å². The van der Waals surface area contributed by atoms with E-state index in [1.807, 2.05) is 4.90 Å². The summed E-state index contributed by atoms with van der Waals surface area (Å²) in [5.41, 5.74) is 5.42. The van der Waals surface area contributed by atoms with Gasteiger partial charge in [0.15, 0.2) is 0 Å². The van der Waals surface area contributed by atoms with E-state index in [2.05, 4.69) is 5.32 Å². The van der Waals surface area contributed by atoms with Crippen LogP contribution in [0.15, 0.2) is 24.3 Å². The van der Waals surface area contributed by atoms with Gasteiger partial charge in [0.1, 0.15) is 6.04 Å². The first-order valence-corrected chi connectivity index (χ1v) is 9.93. The fourth-order valence-electron chi connectivity index (χ4n) is 4.14. The normalized spacial score (nSPS) is 22.8. The van der Waals surface area contributed by atoms with Crippen LogP contribution in [0.2, 0.25) is 0 Å². The Bertz CT molecular complexity index is 815. The molecule has 3 N–H and O–H groups in total. The molecule has 2 atom stereocenters. The van der Waals surface area contributed by atoms with Crippen molar-refractivity contribution in [1.82, 2.24) is 4.90 Å². The van der Waals surface area contributed by atoms with Crippen LogP contribution in [-0.4, -0.2) is 54.5 Å². The Hall–Kier alpha value is -2.62. The first-order chi connectivity index (χ1) is 14.1. The second kappa shape index (κ2) is 9.03. The molecule has 1 aromatic carbocycles. The van der Waals surface area contributed by atoms with Gasteiger partial charge in [-0.3, -0.25) is 24.2 Å². The molecule has 0 radical (unpaired) electrons. The zero-order valence-corrected chi connectivity index (χ0v) is 16.5. The van der Waals surface area contributed by atoms with Crippen LogP contribution in [0.5, 0.6) is 0 Å². The monoisotopic (exact) mass is 426 g/mol. The zero-order chi connectivity index (χ0) is 21.9. The molecule has 2 aliphatic rings. The Morgan fingerprint density at radius 1 is 1.23 bits per heavy atom. The standard InChI is InChI=1S/C20H25F3N4O3/c21-20(22,23)16-10-18(29)25-14-5-1-2-6-15(14)27(16)19(30)12-26-9-3-4-13(11-26)7-8-17(24)28/h1-2,5-6,13,16H,3-4,7-12H2,(H2,24,28)(H,25,29). The van der Waals surface area contributed by atoms with Gasteiger partial charge in [-0.2, -0.15) is 13.2 Å². The van der Waals surface area contributed by atoms with Gasteiger partial charge in [0, 0.05) is 13.0 Å². The molecule has 10 heteroatoms. The van der Waals surface area contributed by atoms with Crippen LogP contribution in [0.3, 0.4) is 0 Å². The highest BCUT2D eigenvalue weighted by atomic mass is 19.4. The maximum absolute atomic E-state index is 13.8. The van der Waals surface area contributed by atoms with E-state index in [0.717, 1.165) is 12.8 Å². The number of rotatable bonds is 5. The van der Waals surface area contributed by atoms with Crippen LogP contribution in [-0.2, 0) is 14.4 Å². The summed E-state index contributed by atoms with van der Waals surface area (Å²) in [6.07, 6.45) is -3.10. The van der Waals surface area contributed by atoms with E-state index in [1.165, 1.54) is 18.2 Å². The summed E-state index contributed by atoms with van der Waals surface area (Å²) < 4.78 is 41.4. The molecule has 0 bridgehead atoms. The molecule has 0 saturated carbocycles. The molecule has 164 valence electrons. The molecule has 0 aromatic heterocycles. The minimum Gasteiger partial charge on any atom is -0.370 e. The number of likely N-dealkylation sites (tertiary alicyclic amines) is 1. The first-order valence-electron chi connectivity index (χ1n) is 9.93. The number of alkyl halides is 3. The van der Waals surface area contributed by atoms with Gasteiger partial charge >= 0.3 is 6.18 Å². The van der Waals surface area contributed by atoms with Gasteiger partial charge < -0.3 is 11.1 Å². The minimum atomic E-state index is -4.75. The first kappa shape index (κ1) is 22.1. The molecular weight excluding hydrogens is 401 g/mol. The molecule has 2 heterocycles. The van der Waals surface area contributed by atoms with Gasteiger partial charge in [-0.1, -0.05) is 12.1 Å². The largest absolute Gasteiger partial charge is 0.409 e. The Balaban J connectivity index is 1.81. The molecule has 1 saturated heterocycles. The van der Waals surface area contributed by atoms with Crippen LogP contribution in [0.4, 0.5) is 24.5 Å². The van der Waals surface area contributed by atoms with E-state index in [-0.39, 0.29) is 30.3 Å². The maximum Gasteiger partial charge on any atom is 0.409 e. The lowest BCUT2D eigenvalue weighted by Gasteiger charge is -2.36. The minimum absolute atomic E-state index is 0.0398. The van der Waals surface area contributed by atoms with Gasteiger partial charge in [0.2, 0.25) is 17.7 Å². The van der Waals surface area contributed by atoms with Gasteiger partial charge in [-0.15, -0.1) is 0 Å². The second-order valence-electron chi connectivity index (χ2n) is 7.84. The van der Waals surface area contributed by atoms with E-state index in [4.69, 9.17) is 5.73 Å². The van der Waals surface area contributed by atoms with Crippen molar-refractivity contribution in [2.75, 3.05) is 29.9 Å². The van der Waals surface area contributed by atoms with Crippen molar-refractivity contribution in [3.05, 3.63) is 24.3 Å². The maximum atomic E-state index is 13.8. The van der Waals surface area contributed by atoms with Gasteiger partial charge in [-0.25, -0.2) is 0 Å². The van der Waals surface area contributed by atoms with Crippen molar-refractivity contribution in [2.24, 2.45) is 11.7 Å². The Morgan fingerprint density at radius 3 is 2.67 bits per heavy atom. The predicted octanol–water partition coefficient (Wildman–Crippen LogP) is 2.27. The molecule has 3 amide bonds. The van der Waals surface area contributed by atoms with E-state index in [0.29, 0.717) is 24.4 Å². The Kier molecular flexibility index (Phi) is 6.64. The quantitative estimate of drug-likeness (QED) is 0.755. The lowest BCUT2D eigenvalue weighted by Crippen LogP contribution is -2.53. The van der Waals surface area contributed by atoms with E-state index in [9.17, 15) is 27.6 Å². The number of halogens is 3. The number of carbonyl (C=O) groups is 3. The number of nitrogens with zero attached hydrogens (tertiary/aromatic N) is 2. The second-order valence-corrected chi connectivity index (χ2v) is 7.84. The number of anilines is 2. The van der Waals surface area contributed by atoms with E-state index in [1.54, 1.807) is 6.07 Å². The average molecular weight is 426 g/mol. The van der Waals surface area contributed by atoms with Crippen LogP contribution in [0.25, 0.3) is 0 Å². The molecule has 0 aliphatic carbocycles.